The van der Waals surface area contributed by atoms with Crippen LogP contribution < -0.4 is 0 Å². The molecular formula is C22H22OS. The summed E-state index contributed by atoms with van der Waals surface area (Å²) >= 11 is 1.51. The smallest absolute Gasteiger partial charge is 0.184 e. The van der Waals surface area contributed by atoms with Crippen LogP contribution in [0.5, 0.6) is 0 Å². The molecule has 3 rings (SSSR count). The van der Waals surface area contributed by atoms with E-state index >= 15 is 0 Å². The highest BCUT2D eigenvalue weighted by atomic mass is 32.1. The second-order valence-corrected chi connectivity index (χ2v) is 7.41. The minimum absolute atomic E-state index is 0.177. The highest BCUT2D eigenvalue weighted by Gasteiger charge is 2.25. The molecule has 0 N–H and O–H groups in total. The highest BCUT2D eigenvalue weighted by molar-refractivity contribution is 7.12. The molecule has 0 saturated carbocycles. The SMILES string of the molecule is Cc1ccc(C(C(=O)c2cccs2)c2ccc(C)c(C)c2)cc1C. The summed E-state index contributed by atoms with van der Waals surface area (Å²) < 4.78 is 0. The number of benzene rings is 2. The van der Waals surface area contributed by atoms with Crippen molar-refractivity contribution in [2.24, 2.45) is 0 Å². The molecule has 0 aliphatic heterocycles. The summed E-state index contributed by atoms with van der Waals surface area (Å²) in [5.74, 6) is -0.0706. The molecule has 0 fully saturated rings. The van der Waals surface area contributed by atoms with E-state index in [-0.39, 0.29) is 11.7 Å². The molecule has 3 aromatic rings. The number of thiophene rings is 1. The third kappa shape index (κ3) is 3.20. The number of carbonyl (C=O) groups excluding carboxylic acids is 1. The van der Waals surface area contributed by atoms with Crippen LogP contribution in [0.1, 0.15) is 49.0 Å². The Morgan fingerprint density at radius 1 is 0.792 bits per heavy atom. The molecule has 0 spiro atoms. The van der Waals surface area contributed by atoms with Gasteiger partial charge >= 0.3 is 0 Å². The fourth-order valence-electron chi connectivity index (χ4n) is 2.94. The molecule has 0 bridgehead atoms. The Labute approximate surface area is 148 Å². The van der Waals surface area contributed by atoms with Crippen LogP contribution in [0.2, 0.25) is 0 Å². The second-order valence-electron chi connectivity index (χ2n) is 6.46. The van der Waals surface area contributed by atoms with Crippen LogP contribution in [0.25, 0.3) is 0 Å². The van der Waals surface area contributed by atoms with E-state index in [2.05, 4.69) is 64.1 Å². The molecule has 122 valence electrons. The minimum atomic E-state index is -0.248. The molecule has 1 aromatic heterocycles. The minimum Gasteiger partial charge on any atom is -0.292 e. The molecule has 2 aromatic carbocycles. The number of hydrogen-bond acceptors (Lipinski definition) is 2. The van der Waals surface area contributed by atoms with Crippen molar-refractivity contribution < 1.29 is 4.79 Å². The summed E-state index contributed by atoms with van der Waals surface area (Å²) in [5, 5.41) is 1.96. The lowest BCUT2D eigenvalue weighted by atomic mass is 9.84. The van der Waals surface area contributed by atoms with Gasteiger partial charge in [0.25, 0.3) is 0 Å². The van der Waals surface area contributed by atoms with E-state index in [0.717, 1.165) is 16.0 Å². The van der Waals surface area contributed by atoms with Crippen molar-refractivity contribution in [1.82, 2.24) is 0 Å². The van der Waals surface area contributed by atoms with Gasteiger partial charge in [0.15, 0.2) is 5.78 Å². The Morgan fingerprint density at radius 3 is 1.75 bits per heavy atom. The van der Waals surface area contributed by atoms with Gasteiger partial charge in [-0.05, 0) is 72.5 Å². The molecule has 0 aliphatic carbocycles. The first-order chi connectivity index (χ1) is 11.5. The lowest BCUT2D eigenvalue weighted by molar-refractivity contribution is 0.0978. The molecule has 0 unspecified atom stereocenters. The van der Waals surface area contributed by atoms with E-state index in [9.17, 15) is 4.79 Å². The molecule has 0 saturated heterocycles. The standard InChI is InChI=1S/C22H22OS/c1-14-7-9-18(12-16(14)3)21(22(23)20-6-5-11-24-20)19-10-8-15(2)17(4)13-19/h5-13,21H,1-4H3. The summed E-state index contributed by atoms with van der Waals surface area (Å²) in [5.41, 5.74) is 7.09. The van der Waals surface area contributed by atoms with E-state index in [4.69, 9.17) is 0 Å². The molecule has 0 amide bonds. The Morgan fingerprint density at radius 2 is 1.33 bits per heavy atom. The number of rotatable bonds is 4. The van der Waals surface area contributed by atoms with Gasteiger partial charge in [0.2, 0.25) is 0 Å². The summed E-state index contributed by atoms with van der Waals surface area (Å²) in [4.78, 5) is 14.0. The van der Waals surface area contributed by atoms with Gasteiger partial charge in [-0.2, -0.15) is 0 Å². The van der Waals surface area contributed by atoms with Crippen molar-refractivity contribution in [1.29, 1.82) is 0 Å². The zero-order valence-electron chi connectivity index (χ0n) is 14.6. The van der Waals surface area contributed by atoms with Crippen molar-refractivity contribution >= 4 is 17.1 Å². The first-order valence-electron chi connectivity index (χ1n) is 8.19. The molecule has 24 heavy (non-hydrogen) atoms. The highest BCUT2D eigenvalue weighted by Crippen LogP contribution is 2.32. The zero-order valence-corrected chi connectivity index (χ0v) is 15.4. The quantitative estimate of drug-likeness (QED) is 0.535. The van der Waals surface area contributed by atoms with Crippen LogP contribution in [0.15, 0.2) is 53.9 Å². The van der Waals surface area contributed by atoms with Crippen LogP contribution in [-0.2, 0) is 0 Å². The van der Waals surface area contributed by atoms with Crippen molar-refractivity contribution in [3.63, 3.8) is 0 Å². The van der Waals surface area contributed by atoms with Crippen LogP contribution in [0, 0.1) is 27.7 Å². The van der Waals surface area contributed by atoms with Crippen molar-refractivity contribution in [2.75, 3.05) is 0 Å². The maximum atomic E-state index is 13.2. The summed E-state index contributed by atoms with van der Waals surface area (Å²) in [7, 11) is 0. The van der Waals surface area contributed by atoms with Gasteiger partial charge in [0, 0.05) is 0 Å². The van der Waals surface area contributed by atoms with Crippen molar-refractivity contribution in [2.45, 2.75) is 33.6 Å². The lowest BCUT2D eigenvalue weighted by Gasteiger charge is -2.19. The van der Waals surface area contributed by atoms with E-state index in [1.165, 1.54) is 33.6 Å². The molecule has 1 heterocycles. The normalized spacial score (nSPS) is 11.0. The van der Waals surface area contributed by atoms with Crippen LogP contribution >= 0.6 is 11.3 Å². The number of ketones is 1. The van der Waals surface area contributed by atoms with E-state index in [1.807, 2.05) is 17.5 Å². The average molecular weight is 334 g/mol. The second kappa shape index (κ2) is 6.74. The van der Waals surface area contributed by atoms with Gasteiger partial charge in [-0.15, -0.1) is 11.3 Å². The predicted molar refractivity (Wildman–Crippen MR) is 102 cm³/mol. The summed E-state index contributed by atoms with van der Waals surface area (Å²) in [6.45, 7) is 8.41. The Bertz CT molecular complexity index is 823. The molecular weight excluding hydrogens is 312 g/mol. The topological polar surface area (TPSA) is 17.1 Å². The molecule has 0 aliphatic rings. The molecule has 2 heteroatoms. The zero-order chi connectivity index (χ0) is 17.3. The van der Waals surface area contributed by atoms with Gasteiger partial charge < -0.3 is 0 Å². The van der Waals surface area contributed by atoms with Crippen LogP contribution in [0.3, 0.4) is 0 Å². The van der Waals surface area contributed by atoms with Crippen LogP contribution in [-0.4, -0.2) is 5.78 Å². The number of hydrogen-bond donors (Lipinski definition) is 0. The average Bonchev–Trinajstić information content (AvgIpc) is 3.09. The first kappa shape index (κ1) is 16.7. The van der Waals surface area contributed by atoms with Crippen LogP contribution in [0.4, 0.5) is 0 Å². The summed E-state index contributed by atoms with van der Waals surface area (Å²) in [6, 6.07) is 16.6. The van der Waals surface area contributed by atoms with E-state index in [1.54, 1.807) is 0 Å². The predicted octanol–water partition coefficient (Wildman–Crippen LogP) is 6.00. The Hall–Kier alpha value is -2.19. The monoisotopic (exact) mass is 334 g/mol. The Balaban J connectivity index is 2.14. The summed E-state index contributed by atoms with van der Waals surface area (Å²) in [6.07, 6.45) is 0. The van der Waals surface area contributed by atoms with Gasteiger partial charge in [-0.25, -0.2) is 0 Å². The van der Waals surface area contributed by atoms with Gasteiger partial charge in [-0.3, -0.25) is 4.79 Å². The van der Waals surface area contributed by atoms with E-state index < -0.39 is 0 Å². The van der Waals surface area contributed by atoms with Gasteiger partial charge in [-0.1, -0.05) is 42.5 Å². The van der Waals surface area contributed by atoms with Gasteiger partial charge in [0.1, 0.15) is 0 Å². The first-order valence-corrected chi connectivity index (χ1v) is 9.07. The third-order valence-corrected chi connectivity index (χ3v) is 5.64. The fraction of sp³-hybridized carbons (Fsp3) is 0.227. The largest absolute Gasteiger partial charge is 0.292 e. The maximum absolute atomic E-state index is 13.2. The fourth-order valence-corrected chi connectivity index (χ4v) is 3.64. The molecule has 1 nitrogen and oxygen atoms in total. The lowest BCUT2D eigenvalue weighted by Crippen LogP contribution is -2.14. The van der Waals surface area contributed by atoms with Crippen molar-refractivity contribution in [3.05, 3.63) is 92.2 Å². The third-order valence-electron chi connectivity index (χ3n) is 4.75. The van der Waals surface area contributed by atoms with Gasteiger partial charge in [0.05, 0.1) is 10.8 Å². The number of aryl methyl sites for hydroxylation is 4. The number of Topliss-reactive ketones (excluding diaryl/α,β-unsaturated/α-hetero) is 1. The maximum Gasteiger partial charge on any atom is 0.184 e. The Kier molecular flexibility index (Phi) is 4.68. The molecule has 0 atom stereocenters. The molecule has 0 radical (unpaired) electrons. The van der Waals surface area contributed by atoms with Crippen molar-refractivity contribution in [3.8, 4) is 0 Å². The number of carbonyl (C=O) groups is 1. The van der Waals surface area contributed by atoms with E-state index in [0.29, 0.717) is 0 Å².